The number of rotatable bonds is 2. The SMILES string of the molecule is CC1=CC23C(=O)C(C=C4COC(C)(C)OC4C2(O)C1OC(=O)C1=CCCCC1)C1C(C[C@H]3C)C1(C)C. The highest BCUT2D eigenvalue weighted by atomic mass is 16.7. The summed E-state index contributed by atoms with van der Waals surface area (Å²) >= 11 is 0. The Labute approximate surface area is 214 Å². The molecule has 1 spiro atoms. The summed E-state index contributed by atoms with van der Waals surface area (Å²) in [6, 6.07) is 0. The molecule has 0 amide bonds. The number of carbonyl (C=O) groups excluding carboxylic acids is 2. The molecule has 6 heteroatoms. The molecule has 0 radical (unpaired) electrons. The van der Waals surface area contributed by atoms with Gasteiger partial charge in [0.1, 0.15) is 6.10 Å². The van der Waals surface area contributed by atoms with E-state index in [9.17, 15) is 14.7 Å². The van der Waals surface area contributed by atoms with Crippen LogP contribution in [0.2, 0.25) is 0 Å². The number of esters is 1. The van der Waals surface area contributed by atoms with Gasteiger partial charge in [0.2, 0.25) is 0 Å². The summed E-state index contributed by atoms with van der Waals surface area (Å²) in [5, 5.41) is 13.0. The van der Waals surface area contributed by atoms with Crippen molar-refractivity contribution in [2.45, 2.75) is 97.2 Å². The molecule has 36 heavy (non-hydrogen) atoms. The fourth-order valence-corrected chi connectivity index (χ4v) is 8.51. The number of hydrogen-bond acceptors (Lipinski definition) is 6. The van der Waals surface area contributed by atoms with E-state index < -0.39 is 35.0 Å². The molecule has 2 bridgehead atoms. The molecule has 6 nitrogen and oxygen atoms in total. The number of fused-ring (bicyclic) bond motifs is 5. The summed E-state index contributed by atoms with van der Waals surface area (Å²) in [7, 11) is 0. The number of allylic oxidation sites excluding steroid dienone is 2. The Morgan fingerprint density at radius 1 is 1.19 bits per heavy atom. The van der Waals surface area contributed by atoms with E-state index in [1.807, 2.05) is 39.0 Å². The van der Waals surface area contributed by atoms with Crippen LogP contribution in [0.15, 0.2) is 34.9 Å². The van der Waals surface area contributed by atoms with Crippen molar-refractivity contribution >= 4 is 11.8 Å². The lowest BCUT2D eigenvalue weighted by Crippen LogP contribution is -2.68. The molecule has 1 heterocycles. The summed E-state index contributed by atoms with van der Waals surface area (Å²) in [4.78, 5) is 28.0. The second kappa shape index (κ2) is 7.64. The van der Waals surface area contributed by atoms with Crippen LogP contribution in [0.3, 0.4) is 0 Å². The highest BCUT2D eigenvalue weighted by Gasteiger charge is 2.77. The van der Waals surface area contributed by atoms with Gasteiger partial charge in [0.25, 0.3) is 0 Å². The van der Waals surface area contributed by atoms with Gasteiger partial charge in [-0.2, -0.15) is 0 Å². The first-order chi connectivity index (χ1) is 16.8. The quantitative estimate of drug-likeness (QED) is 0.442. The first-order valence-electron chi connectivity index (χ1n) is 13.7. The van der Waals surface area contributed by atoms with Gasteiger partial charge in [0.15, 0.2) is 23.3 Å². The highest BCUT2D eigenvalue weighted by Crippen LogP contribution is 2.72. The molecular formula is C30H40O6. The summed E-state index contributed by atoms with van der Waals surface area (Å²) in [5.74, 6) is -1.14. The van der Waals surface area contributed by atoms with Crippen LogP contribution in [0.5, 0.6) is 0 Å². The average Bonchev–Trinajstić information content (AvgIpc) is 3.32. The van der Waals surface area contributed by atoms with E-state index in [1.54, 1.807) is 0 Å². The summed E-state index contributed by atoms with van der Waals surface area (Å²) < 4.78 is 18.7. The number of hydrogen-bond donors (Lipinski definition) is 1. The van der Waals surface area contributed by atoms with Crippen molar-refractivity contribution in [2.75, 3.05) is 6.61 Å². The summed E-state index contributed by atoms with van der Waals surface area (Å²) in [6.07, 6.45) is 8.55. The van der Waals surface area contributed by atoms with Crippen LogP contribution in [0.25, 0.3) is 0 Å². The Hall–Kier alpha value is -1.76. The van der Waals surface area contributed by atoms with Gasteiger partial charge in [-0.15, -0.1) is 0 Å². The van der Waals surface area contributed by atoms with Crippen LogP contribution in [0.1, 0.15) is 73.6 Å². The molecule has 6 aliphatic rings. The van der Waals surface area contributed by atoms with Crippen molar-refractivity contribution in [1.29, 1.82) is 0 Å². The van der Waals surface area contributed by atoms with E-state index in [4.69, 9.17) is 14.2 Å². The Morgan fingerprint density at radius 2 is 1.94 bits per heavy atom. The van der Waals surface area contributed by atoms with Gasteiger partial charge in [-0.05, 0) is 87.2 Å². The molecule has 6 rings (SSSR count). The predicted octanol–water partition coefficient (Wildman–Crippen LogP) is 4.66. The molecule has 8 atom stereocenters. The van der Waals surface area contributed by atoms with E-state index >= 15 is 0 Å². The lowest BCUT2D eigenvalue weighted by Gasteiger charge is -2.52. The molecule has 2 saturated carbocycles. The van der Waals surface area contributed by atoms with Gasteiger partial charge in [-0.1, -0.05) is 39.0 Å². The van der Waals surface area contributed by atoms with Gasteiger partial charge in [0.05, 0.1) is 12.0 Å². The van der Waals surface area contributed by atoms with E-state index in [0.717, 1.165) is 36.8 Å². The number of ether oxygens (including phenoxy) is 3. The number of Topliss-reactive ketones (excluding diaryl/α,β-unsaturated/α-hetero) is 1. The fourth-order valence-electron chi connectivity index (χ4n) is 8.51. The lowest BCUT2D eigenvalue weighted by molar-refractivity contribution is -0.303. The van der Waals surface area contributed by atoms with Crippen LogP contribution in [-0.4, -0.2) is 47.1 Å². The first kappa shape index (κ1) is 24.6. The van der Waals surface area contributed by atoms with Gasteiger partial charge < -0.3 is 19.3 Å². The molecule has 1 N–H and O–H groups in total. The van der Waals surface area contributed by atoms with Gasteiger partial charge in [-0.3, -0.25) is 4.79 Å². The smallest absolute Gasteiger partial charge is 0.334 e. The maximum atomic E-state index is 14.7. The minimum absolute atomic E-state index is 0.0358. The molecule has 7 unspecified atom stereocenters. The second-order valence-corrected chi connectivity index (χ2v) is 13.3. The van der Waals surface area contributed by atoms with Crippen molar-refractivity contribution in [3.05, 3.63) is 34.9 Å². The van der Waals surface area contributed by atoms with Crippen LogP contribution in [0, 0.1) is 34.5 Å². The third-order valence-electron chi connectivity index (χ3n) is 10.4. The highest BCUT2D eigenvalue weighted by molar-refractivity contribution is 5.96. The number of ketones is 1. The Kier molecular flexibility index (Phi) is 5.22. The molecule has 196 valence electrons. The van der Waals surface area contributed by atoms with E-state index in [0.29, 0.717) is 17.9 Å². The minimum atomic E-state index is -1.75. The molecular weight excluding hydrogens is 456 g/mol. The number of carbonyl (C=O) groups is 2. The van der Waals surface area contributed by atoms with Gasteiger partial charge in [0, 0.05) is 11.5 Å². The lowest BCUT2D eigenvalue weighted by atomic mass is 9.59. The summed E-state index contributed by atoms with van der Waals surface area (Å²) in [5.41, 5.74) is -0.706. The first-order valence-corrected chi connectivity index (χ1v) is 13.7. The molecule has 1 aliphatic heterocycles. The Bertz CT molecular complexity index is 1110. The maximum Gasteiger partial charge on any atom is 0.334 e. The monoisotopic (exact) mass is 496 g/mol. The molecule has 5 aliphatic carbocycles. The maximum absolute atomic E-state index is 14.7. The Morgan fingerprint density at radius 3 is 2.64 bits per heavy atom. The standard InChI is InChI=1S/C30H40O6/c1-16-14-29-17(2)12-21-22(27(21,3)4)20(23(29)31)13-19-15-34-28(5,6)36-25(19)30(29,33)24(16)35-26(32)18-10-8-7-9-11-18/h10,13-14,17,20-22,24-25,33H,7-9,11-12,15H2,1-6H3/t17-,20?,21?,22?,24?,25?,29?,30?/m1/s1. The van der Waals surface area contributed by atoms with Crippen LogP contribution < -0.4 is 0 Å². The Balaban J connectivity index is 1.51. The fraction of sp³-hybridized carbons (Fsp3) is 0.733. The van der Waals surface area contributed by atoms with Crippen molar-refractivity contribution in [3.8, 4) is 0 Å². The summed E-state index contributed by atoms with van der Waals surface area (Å²) in [6.45, 7) is 12.4. The zero-order chi connectivity index (χ0) is 25.8. The molecule has 3 fully saturated rings. The van der Waals surface area contributed by atoms with Crippen molar-refractivity contribution in [2.24, 2.45) is 34.5 Å². The van der Waals surface area contributed by atoms with E-state index in [1.165, 1.54) is 0 Å². The number of aliphatic hydroxyl groups is 1. The zero-order valence-corrected chi connectivity index (χ0v) is 22.4. The second-order valence-electron chi connectivity index (χ2n) is 13.3. The van der Waals surface area contributed by atoms with Crippen molar-refractivity contribution < 1.29 is 28.9 Å². The van der Waals surface area contributed by atoms with Crippen LogP contribution >= 0.6 is 0 Å². The van der Waals surface area contributed by atoms with Crippen LogP contribution in [-0.2, 0) is 23.8 Å². The van der Waals surface area contributed by atoms with Gasteiger partial charge >= 0.3 is 5.97 Å². The largest absolute Gasteiger partial charge is 0.451 e. The third kappa shape index (κ3) is 3.07. The molecule has 0 aromatic carbocycles. The molecule has 0 aromatic rings. The van der Waals surface area contributed by atoms with Crippen molar-refractivity contribution in [1.82, 2.24) is 0 Å². The van der Waals surface area contributed by atoms with Gasteiger partial charge in [-0.25, -0.2) is 4.79 Å². The topological polar surface area (TPSA) is 82.1 Å². The normalized spacial score (nSPS) is 46.1. The third-order valence-corrected chi connectivity index (χ3v) is 10.4. The molecule has 0 aromatic heterocycles. The molecule has 1 saturated heterocycles. The minimum Gasteiger partial charge on any atom is -0.451 e. The average molecular weight is 497 g/mol. The van der Waals surface area contributed by atoms with E-state index in [-0.39, 0.29) is 35.6 Å². The predicted molar refractivity (Wildman–Crippen MR) is 134 cm³/mol. The van der Waals surface area contributed by atoms with Crippen molar-refractivity contribution in [3.63, 3.8) is 0 Å². The zero-order valence-electron chi connectivity index (χ0n) is 22.4. The van der Waals surface area contributed by atoms with Crippen LogP contribution in [0.4, 0.5) is 0 Å². The van der Waals surface area contributed by atoms with E-state index in [2.05, 4.69) is 20.8 Å².